The second-order valence-electron chi connectivity index (χ2n) is 11.8. The van der Waals surface area contributed by atoms with Crippen LogP contribution in [0.1, 0.15) is 58.2 Å². The van der Waals surface area contributed by atoms with Gasteiger partial charge in [0.15, 0.2) is 0 Å². The minimum Gasteiger partial charge on any atom is -0.488 e. The third-order valence-electron chi connectivity index (χ3n) is 8.91. The van der Waals surface area contributed by atoms with Crippen LogP contribution in [-0.4, -0.2) is 34.7 Å². The lowest BCUT2D eigenvalue weighted by Crippen LogP contribution is -2.36. The van der Waals surface area contributed by atoms with Crippen LogP contribution in [0.5, 0.6) is 11.5 Å². The average Bonchev–Trinajstić information content (AvgIpc) is 3.55. The summed E-state index contributed by atoms with van der Waals surface area (Å²) in [5, 5.41) is 19.2. The number of nitrogens with zero attached hydrogens (tertiary/aromatic N) is 3. The Hall–Kier alpha value is -4.18. The number of aliphatic hydroxyl groups excluding tert-OH is 1. The van der Waals surface area contributed by atoms with E-state index in [1.165, 1.54) is 38.9 Å². The molecule has 1 aliphatic carbocycles. The van der Waals surface area contributed by atoms with E-state index in [0.29, 0.717) is 24.7 Å². The molecule has 1 atom stereocenters. The minimum absolute atomic E-state index is 0.234. The number of piperidine rings is 1. The van der Waals surface area contributed by atoms with Crippen molar-refractivity contribution in [1.29, 1.82) is 5.26 Å². The predicted octanol–water partition coefficient (Wildman–Crippen LogP) is 6.78. The molecule has 0 unspecified atom stereocenters. The lowest BCUT2D eigenvalue weighted by molar-refractivity contribution is 0.114. The fourth-order valence-corrected chi connectivity index (χ4v) is 6.60. The molecular formula is C37H39N3O3. The normalized spacial score (nSPS) is 16.4. The highest BCUT2D eigenvalue weighted by Crippen LogP contribution is 2.41. The number of likely N-dealkylation sites (tertiary alicyclic amines) is 1. The summed E-state index contributed by atoms with van der Waals surface area (Å²) in [6.07, 6.45) is 8.59. The Bertz CT molecular complexity index is 1610. The summed E-state index contributed by atoms with van der Waals surface area (Å²) in [5.41, 5.74) is 10.1. The van der Waals surface area contributed by atoms with Gasteiger partial charge in [0.05, 0.1) is 5.56 Å². The van der Waals surface area contributed by atoms with Crippen molar-refractivity contribution in [3.63, 3.8) is 0 Å². The standard InChI is InChI=1S/C37H39N3O3/c1-26-31(11-5-12-32(26)30-9-3-2-4-10-30)25-43-36-17-37(42-24-29-16-28(18-38)19-39-20-29)35(33-13-6-14-34(33)36)22-40-15-7-8-27(21-40)23-41/h2-5,9-12,16-17,19-20,27,41H,6-8,13-15,21-25H2,1H3/t27-/m0/s1. The number of benzene rings is 3. The topological polar surface area (TPSA) is 78.6 Å². The number of hydrogen-bond acceptors (Lipinski definition) is 6. The fourth-order valence-electron chi connectivity index (χ4n) is 6.60. The van der Waals surface area contributed by atoms with Crippen molar-refractivity contribution in [2.45, 2.75) is 58.8 Å². The van der Waals surface area contributed by atoms with E-state index in [1.54, 1.807) is 12.4 Å². The molecule has 6 heteroatoms. The Labute approximate surface area is 254 Å². The van der Waals surface area contributed by atoms with Gasteiger partial charge in [-0.05, 0) is 90.9 Å². The second kappa shape index (κ2) is 13.4. The van der Waals surface area contributed by atoms with Crippen molar-refractivity contribution >= 4 is 0 Å². The molecule has 0 saturated carbocycles. The molecule has 6 rings (SSSR count). The van der Waals surface area contributed by atoms with Crippen molar-refractivity contribution in [3.05, 3.63) is 112 Å². The summed E-state index contributed by atoms with van der Waals surface area (Å²) in [4.78, 5) is 6.68. The summed E-state index contributed by atoms with van der Waals surface area (Å²) >= 11 is 0. The Kier molecular flexibility index (Phi) is 9.02. The highest BCUT2D eigenvalue weighted by molar-refractivity contribution is 5.68. The number of aromatic nitrogens is 1. The SMILES string of the molecule is Cc1c(COc2cc(OCc3cncc(C#N)c3)c(CN3CCC[C@H](CO)C3)c3c2CCC3)cccc1-c1ccccc1. The molecule has 0 spiro atoms. The largest absolute Gasteiger partial charge is 0.488 e. The lowest BCUT2D eigenvalue weighted by Gasteiger charge is -2.33. The van der Waals surface area contributed by atoms with E-state index in [9.17, 15) is 10.4 Å². The van der Waals surface area contributed by atoms with Gasteiger partial charge >= 0.3 is 0 Å². The summed E-state index contributed by atoms with van der Waals surface area (Å²) in [7, 11) is 0. The third-order valence-corrected chi connectivity index (χ3v) is 8.91. The molecular weight excluding hydrogens is 534 g/mol. The number of ether oxygens (including phenoxy) is 2. The maximum absolute atomic E-state index is 9.83. The zero-order valence-corrected chi connectivity index (χ0v) is 24.9. The molecule has 2 heterocycles. The number of aliphatic hydroxyl groups is 1. The van der Waals surface area contributed by atoms with Crippen molar-refractivity contribution in [2.75, 3.05) is 19.7 Å². The third kappa shape index (κ3) is 6.59. The molecule has 0 bridgehead atoms. The van der Waals surface area contributed by atoms with Gasteiger partial charge in [-0.1, -0.05) is 48.5 Å². The molecule has 1 saturated heterocycles. The molecule has 0 radical (unpaired) electrons. The van der Waals surface area contributed by atoms with Gasteiger partial charge in [-0.25, -0.2) is 0 Å². The van der Waals surface area contributed by atoms with Gasteiger partial charge in [0.25, 0.3) is 0 Å². The van der Waals surface area contributed by atoms with Gasteiger partial charge in [-0.15, -0.1) is 0 Å². The monoisotopic (exact) mass is 573 g/mol. The fraction of sp³-hybridized carbons (Fsp3) is 0.351. The van der Waals surface area contributed by atoms with E-state index in [4.69, 9.17) is 9.47 Å². The van der Waals surface area contributed by atoms with Crippen LogP contribution in [0.3, 0.4) is 0 Å². The van der Waals surface area contributed by atoms with Gasteiger partial charge in [-0.3, -0.25) is 9.88 Å². The Morgan fingerprint density at radius 3 is 2.63 bits per heavy atom. The Morgan fingerprint density at radius 1 is 0.953 bits per heavy atom. The summed E-state index contributed by atoms with van der Waals surface area (Å²) < 4.78 is 13.2. The van der Waals surface area contributed by atoms with Crippen molar-refractivity contribution < 1.29 is 14.6 Å². The molecule has 1 N–H and O–H groups in total. The van der Waals surface area contributed by atoms with Crippen LogP contribution in [0.15, 0.2) is 73.1 Å². The molecule has 43 heavy (non-hydrogen) atoms. The van der Waals surface area contributed by atoms with Crippen LogP contribution >= 0.6 is 0 Å². The quantitative estimate of drug-likeness (QED) is 0.225. The number of nitriles is 1. The molecule has 3 aromatic carbocycles. The molecule has 1 fully saturated rings. The van der Waals surface area contributed by atoms with E-state index in [1.807, 2.05) is 12.1 Å². The van der Waals surface area contributed by atoms with E-state index in [0.717, 1.165) is 68.8 Å². The first-order chi connectivity index (χ1) is 21.1. The first kappa shape index (κ1) is 28.9. The van der Waals surface area contributed by atoms with Gasteiger partial charge in [0.1, 0.15) is 30.8 Å². The number of fused-ring (bicyclic) bond motifs is 1. The predicted molar refractivity (Wildman–Crippen MR) is 168 cm³/mol. The molecule has 6 nitrogen and oxygen atoms in total. The number of rotatable bonds is 10. The zero-order valence-electron chi connectivity index (χ0n) is 24.9. The van der Waals surface area contributed by atoms with Crippen molar-refractivity contribution in [3.8, 4) is 28.7 Å². The van der Waals surface area contributed by atoms with Gasteiger partial charge in [-0.2, -0.15) is 5.26 Å². The summed E-state index contributed by atoms with van der Waals surface area (Å²) in [6, 6.07) is 23.0. The first-order valence-electron chi connectivity index (χ1n) is 15.4. The Balaban J connectivity index is 1.30. The highest BCUT2D eigenvalue weighted by Gasteiger charge is 2.27. The van der Waals surface area contributed by atoms with E-state index < -0.39 is 0 Å². The summed E-state index contributed by atoms with van der Waals surface area (Å²) in [6.45, 7) is 5.93. The smallest absolute Gasteiger partial charge is 0.128 e. The first-order valence-corrected chi connectivity index (χ1v) is 15.4. The van der Waals surface area contributed by atoms with Crippen LogP contribution in [-0.2, 0) is 32.6 Å². The van der Waals surface area contributed by atoms with Crippen molar-refractivity contribution in [1.82, 2.24) is 9.88 Å². The maximum Gasteiger partial charge on any atom is 0.128 e. The minimum atomic E-state index is 0.234. The van der Waals surface area contributed by atoms with Crippen LogP contribution in [0.2, 0.25) is 0 Å². The van der Waals surface area contributed by atoms with Gasteiger partial charge < -0.3 is 14.6 Å². The molecule has 220 valence electrons. The zero-order chi connectivity index (χ0) is 29.6. The van der Waals surface area contributed by atoms with Crippen LogP contribution in [0.25, 0.3) is 11.1 Å². The average molecular weight is 574 g/mol. The molecule has 1 aliphatic heterocycles. The highest BCUT2D eigenvalue weighted by atomic mass is 16.5. The van der Waals surface area contributed by atoms with E-state index in [2.05, 4.69) is 71.4 Å². The van der Waals surface area contributed by atoms with Crippen LogP contribution in [0.4, 0.5) is 0 Å². The molecule has 0 amide bonds. The molecule has 1 aromatic heterocycles. The summed E-state index contributed by atoms with van der Waals surface area (Å²) in [5.74, 6) is 2.05. The van der Waals surface area contributed by atoms with E-state index in [-0.39, 0.29) is 6.61 Å². The van der Waals surface area contributed by atoms with Gasteiger partial charge in [0, 0.05) is 49.3 Å². The lowest BCUT2D eigenvalue weighted by atomic mass is 9.96. The maximum atomic E-state index is 9.83. The van der Waals surface area contributed by atoms with Crippen LogP contribution < -0.4 is 9.47 Å². The van der Waals surface area contributed by atoms with Gasteiger partial charge in [0.2, 0.25) is 0 Å². The molecule has 2 aliphatic rings. The number of pyridine rings is 1. The Morgan fingerprint density at radius 2 is 1.79 bits per heavy atom. The van der Waals surface area contributed by atoms with Crippen molar-refractivity contribution in [2.24, 2.45) is 5.92 Å². The second-order valence-corrected chi connectivity index (χ2v) is 11.8. The van der Waals surface area contributed by atoms with E-state index >= 15 is 0 Å². The number of hydrogen-bond donors (Lipinski definition) is 1. The van der Waals surface area contributed by atoms with Crippen LogP contribution in [0, 0.1) is 24.2 Å². The molecule has 4 aromatic rings.